The third kappa shape index (κ3) is 13.6. The van der Waals surface area contributed by atoms with Crippen molar-refractivity contribution in [2.75, 3.05) is 39.3 Å². The smallest absolute Gasteiger partial charge is 0.410 e. The molecule has 71 heavy (non-hydrogen) atoms. The molecule has 4 aromatic rings. The van der Waals surface area contributed by atoms with Gasteiger partial charge in [-0.05, 0) is 121 Å². The number of benzene rings is 4. The second-order valence-electron chi connectivity index (χ2n) is 19.5. The van der Waals surface area contributed by atoms with Gasteiger partial charge in [0.1, 0.15) is 29.9 Å². The van der Waals surface area contributed by atoms with Crippen LogP contribution in [0.4, 0.5) is 4.79 Å². The summed E-state index contributed by atoms with van der Waals surface area (Å²) in [7, 11) is 0. The zero-order valence-electron chi connectivity index (χ0n) is 42.7. The van der Waals surface area contributed by atoms with Crippen molar-refractivity contribution in [3.05, 3.63) is 120 Å². The average molecular weight is 989 g/mol. The highest BCUT2D eigenvalue weighted by Crippen LogP contribution is 2.62. The SMILES string of the molecule is C=CCO[C@@]12Oc3ccc(Oc4ccc(SC)cc4)cc3[C@H]3[C@H](CCCCO)[C@@H](CCCCO)C=C(C(=NOCC)C[C@@H]1N(Cc1cccc4ccccc14)C(=O)OCCCCCCCCCCCC)[C@H]32. The number of allylic oxidation sites excluding steroid dienone is 1. The number of carbonyl (C=O) groups excluding carboxylic acids is 1. The van der Waals surface area contributed by atoms with Crippen LogP contribution in [-0.4, -0.2) is 78.0 Å². The molecule has 3 aliphatic rings. The maximum atomic E-state index is 15.3. The number of hydrogen-bond donors (Lipinski definition) is 2. The van der Waals surface area contributed by atoms with Gasteiger partial charge in [0.15, 0.2) is 0 Å². The van der Waals surface area contributed by atoms with Gasteiger partial charge in [-0.15, -0.1) is 18.3 Å². The fourth-order valence-electron chi connectivity index (χ4n) is 11.4. The molecule has 2 aliphatic carbocycles. The van der Waals surface area contributed by atoms with Gasteiger partial charge in [0.2, 0.25) is 5.79 Å². The molecule has 0 saturated heterocycles. The van der Waals surface area contributed by atoms with Crippen molar-refractivity contribution in [3.63, 3.8) is 0 Å². The first-order chi connectivity index (χ1) is 34.9. The molecule has 0 spiro atoms. The summed E-state index contributed by atoms with van der Waals surface area (Å²) in [4.78, 5) is 24.3. The Kier molecular flexibility index (Phi) is 21.2. The molecule has 2 N–H and O–H groups in total. The Morgan fingerprint density at radius 3 is 2.27 bits per heavy atom. The van der Waals surface area contributed by atoms with Gasteiger partial charge in [-0.3, -0.25) is 4.90 Å². The lowest BCUT2D eigenvalue weighted by Crippen LogP contribution is -2.70. The number of aliphatic hydroxyl groups is 2. The van der Waals surface area contributed by atoms with E-state index in [9.17, 15) is 10.2 Å². The minimum Gasteiger partial charge on any atom is -0.459 e. The number of oxime groups is 1. The molecule has 384 valence electrons. The molecular formula is C60H80N2O8S. The third-order valence-electron chi connectivity index (χ3n) is 14.8. The van der Waals surface area contributed by atoms with Crippen LogP contribution in [0.1, 0.15) is 140 Å². The summed E-state index contributed by atoms with van der Waals surface area (Å²) in [5.74, 6) is 0.188. The number of thioether (sulfide) groups is 1. The lowest BCUT2D eigenvalue weighted by atomic mass is 9.55. The largest absolute Gasteiger partial charge is 0.459 e. The van der Waals surface area contributed by atoms with E-state index in [1.807, 2.05) is 54.3 Å². The summed E-state index contributed by atoms with van der Waals surface area (Å²) in [6, 6.07) is 28.0. The average Bonchev–Trinajstić information content (AvgIpc) is 3.39. The van der Waals surface area contributed by atoms with Crippen LogP contribution in [0.15, 0.2) is 119 Å². The van der Waals surface area contributed by atoms with E-state index in [2.05, 4.69) is 68.3 Å². The van der Waals surface area contributed by atoms with Crippen LogP contribution in [0.5, 0.6) is 17.2 Å². The molecular weight excluding hydrogens is 909 g/mol. The van der Waals surface area contributed by atoms with Gasteiger partial charge in [0.05, 0.1) is 31.4 Å². The first-order valence-corrected chi connectivity index (χ1v) is 28.0. The number of carbonyl (C=O) groups is 1. The van der Waals surface area contributed by atoms with E-state index in [1.165, 1.54) is 44.9 Å². The van der Waals surface area contributed by atoms with Crippen molar-refractivity contribution in [1.29, 1.82) is 0 Å². The lowest BCUT2D eigenvalue weighted by Gasteiger charge is -2.59. The summed E-state index contributed by atoms with van der Waals surface area (Å²) < 4.78 is 27.8. The van der Waals surface area contributed by atoms with Gasteiger partial charge in [0.25, 0.3) is 0 Å². The molecule has 1 heterocycles. The van der Waals surface area contributed by atoms with Gasteiger partial charge in [-0.2, -0.15) is 0 Å². The molecule has 1 aliphatic heterocycles. The number of hydrogen-bond acceptors (Lipinski definition) is 10. The normalized spacial score (nSPS) is 21.7. The number of unbranched alkanes of at least 4 members (excludes halogenated alkanes) is 11. The van der Waals surface area contributed by atoms with Crippen molar-refractivity contribution in [2.24, 2.45) is 22.9 Å². The van der Waals surface area contributed by atoms with Crippen LogP contribution in [0.2, 0.25) is 0 Å². The Hall–Kier alpha value is -4.81. The first kappa shape index (κ1) is 54.0. The Labute approximate surface area is 428 Å². The Morgan fingerprint density at radius 1 is 0.845 bits per heavy atom. The van der Waals surface area contributed by atoms with Gasteiger partial charge in [-0.1, -0.05) is 137 Å². The highest BCUT2D eigenvalue weighted by molar-refractivity contribution is 7.98. The molecule has 6 atom stereocenters. The predicted octanol–water partition coefficient (Wildman–Crippen LogP) is 14.6. The zero-order chi connectivity index (χ0) is 49.8. The van der Waals surface area contributed by atoms with E-state index in [4.69, 9.17) is 28.9 Å². The minimum absolute atomic E-state index is 0.0707. The Bertz CT molecular complexity index is 2350. The number of ether oxygens (including phenoxy) is 4. The number of aliphatic hydroxyl groups excluding tert-OH is 2. The van der Waals surface area contributed by atoms with Crippen molar-refractivity contribution in [1.82, 2.24) is 4.90 Å². The lowest BCUT2D eigenvalue weighted by molar-refractivity contribution is -0.256. The molecule has 1 amide bonds. The monoisotopic (exact) mass is 989 g/mol. The van der Waals surface area contributed by atoms with Crippen molar-refractivity contribution in [2.45, 2.75) is 152 Å². The van der Waals surface area contributed by atoms with E-state index in [1.54, 1.807) is 17.8 Å². The summed E-state index contributed by atoms with van der Waals surface area (Å²) >= 11 is 1.69. The van der Waals surface area contributed by atoms with Crippen LogP contribution >= 0.6 is 11.8 Å². The number of rotatable bonds is 30. The fourth-order valence-corrected chi connectivity index (χ4v) is 11.8. The molecule has 1 fully saturated rings. The molecule has 11 heteroatoms. The summed E-state index contributed by atoms with van der Waals surface area (Å²) in [6.07, 6.45) is 22.6. The van der Waals surface area contributed by atoms with E-state index < -0.39 is 23.8 Å². The van der Waals surface area contributed by atoms with Crippen molar-refractivity contribution in [3.8, 4) is 17.2 Å². The quantitative estimate of drug-likeness (QED) is 0.0228. The van der Waals surface area contributed by atoms with Gasteiger partial charge in [-0.25, -0.2) is 4.79 Å². The standard InChI is InChI=1S/C60H80N2O8S/c1-5-8-9-10-11-12-13-14-15-22-39-66-59(65)62(43-46-27-23-26-44-24-16-17-28-50(44)46)56-42-54(61-68-7-3)52-40-45(25-18-20-36-63)51(29-19-21-37-64)57-53-41-48(69-47-30-33-49(71-4)34-31-47)32-35-55(53)70-60(56,58(52)57)67-38-6-2/h6,16-17,23-24,26-28,30-35,40-41,45,51,56-58,63-64H,2,5,7-15,18-22,25,29,36-39,42-43H2,1,3-4H3/t45-,51+,56-,57+,58+,60+/m0/s1. The van der Waals surface area contributed by atoms with E-state index in [0.29, 0.717) is 37.6 Å². The fraction of sp³-hybridized carbons (Fsp3) is 0.533. The first-order valence-electron chi connectivity index (χ1n) is 26.8. The second kappa shape index (κ2) is 27.9. The molecule has 0 radical (unpaired) electrons. The molecule has 0 aromatic heterocycles. The Morgan fingerprint density at radius 2 is 1.55 bits per heavy atom. The molecule has 4 aromatic carbocycles. The number of nitrogens with zero attached hydrogens (tertiary/aromatic N) is 2. The third-order valence-corrected chi connectivity index (χ3v) is 15.5. The van der Waals surface area contributed by atoms with E-state index >= 15 is 4.79 Å². The van der Waals surface area contributed by atoms with Crippen LogP contribution in [0.25, 0.3) is 10.8 Å². The highest BCUT2D eigenvalue weighted by Gasteiger charge is 2.65. The number of fused-ring (bicyclic) bond motifs is 3. The van der Waals surface area contributed by atoms with Gasteiger partial charge < -0.3 is 34.0 Å². The van der Waals surface area contributed by atoms with Crippen LogP contribution in [0, 0.1) is 17.8 Å². The van der Waals surface area contributed by atoms with Crippen LogP contribution < -0.4 is 9.47 Å². The van der Waals surface area contributed by atoms with Gasteiger partial charge in [0, 0.05) is 36.0 Å². The van der Waals surface area contributed by atoms with E-state index in [-0.39, 0.29) is 50.5 Å². The molecule has 0 unspecified atom stereocenters. The maximum Gasteiger partial charge on any atom is 0.410 e. The topological polar surface area (TPSA) is 119 Å². The van der Waals surface area contributed by atoms with Gasteiger partial charge >= 0.3 is 6.09 Å². The molecule has 7 rings (SSSR count). The van der Waals surface area contributed by atoms with Crippen LogP contribution in [0.3, 0.4) is 0 Å². The van der Waals surface area contributed by atoms with Crippen molar-refractivity contribution < 1.29 is 38.8 Å². The summed E-state index contributed by atoms with van der Waals surface area (Å²) in [5, 5.41) is 27.2. The molecule has 1 saturated carbocycles. The Balaban J connectivity index is 1.34. The highest BCUT2D eigenvalue weighted by atomic mass is 32.2. The van der Waals surface area contributed by atoms with Crippen molar-refractivity contribution >= 4 is 34.3 Å². The summed E-state index contributed by atoms with van der Waals surface area (Å²) in [6.45, 7) is 9.62. The zero-order valence-corrected chi connectivity index (χ0v) is 43.6. The minimum atomic E-state index is -1.43. The molecule has 10 nitrogen and oxygen atoms in total. The second-order valence-corrected chi connectivity index (χ2v) is 20.4. The van der Waals surface area contributed by atoms with Crippen LogP contribution in [-0.2, 0) is 20.9 Å². The summed E-state index contributed by atoms with van der Waals surface area (Å²) in [5.41, 5.74) is 3.73. The predicted molar refractivity (Wildman–Crippen MR) is 288 cm³/mol. The number of amides is 1. The molecule has 0 bridgehead atoms. The maximum absolute atomic E-state index is 15.3. The van der Waals surface area contributed by atoms with E-state index in [0.717, 1.165) is 88.8 Å².